The molecular weight excluding hydrogens is 280 g/mol. The second kappa shape index (κ2) is 4.63. The summed E-state index contributed by atoms with van der Waals surface area (Å²) in [6, 6.07) is 11.2. The quantitative estimate of drug-likeness (QED) is 0.670. The molecule has 2 aromatic carbocycles. The number of benzene rings is 2. The number of aryl methyl sites for hydroxylation is 2. The Hall–Kier alpha value is -2.75. The Morgan fingerprint density at radius 2 is 1.77 bits per heavy atom. The number of carbonyl (C=O) groups is 1. The molecular formula is C18H14O4. The molecule has 0 amide bonds. The van der Waals surface area contributed by atoms with Gasteiger partial charge in [-0.3, -0.25) is 4.79 Å². The van der Waals surface area contributed by atoms with Crippen molar-refractivity contribution in [3.63, 3.8) is 0 Å². The van der Waals surface area contributed by atoms with Crippen LogP contribution in [0.25, 0.3) is 11.0 Å². The zero-order valence-electron chi connectivity index (χ0n) is 12.3. The van der Waals surface area contributed by atoms with Crippen molar-refractivity contribution in [1.82, 2.24) is 0 Å². The summed E-state index contributed by atoms with van der Waals surface area (Å²) in [6.45, 7) is 4.11. The van der Waals surface area contributed by atoms with E-state index in [2.05, 4.69) is 0 Å². The Labute approximate surface area is 127 Å². The maximum absolute atomic E-state index is 12.7. The highest BCUT2D eigenvalue weighted by atomic mass is 16.7. The zero-order chi connectivity index (χ0) is 15.3. The third-order valence-corrected chi connectivity index (χ3v) is 3.87. The van der Waals surface area contributed by atoms with Gasteiger partial charge < -0.3 is 13.9 Å². The fraction of sp³-hybridized carbons (Fsp3) is 0.167. The minimum atomic E-state index is -0.112. The molecule has 110 valence electrons. The summed E-state index contributed by atoms with van der Waals surface area (Å²) < 4.78 is 16.4. The average molecular weight is 294 g/mol. The maximum Gasteiger partial charge on any atom is 0.231 e. The minimum Gasteiger partial charge on any atom is -0.454 e. The molecule has 0 saturated carbocycles. The second-order valence-electron chi connectivity index (χ2n) is 5.50. The van der Waals surface area contributed by atoms with Crippen LogP contribution in [0.1, 0.15) is 27.2 Å². The number of ether oxygens (including phenoxy) is 2. The average Bonchev–Trinajstić information content (AvgIpc) is 3.11. The lowest BCUT2D eigenvalue weighted by atomic mass is 10.0. The zero-order valence-corrected chi connectivity index (χ0v) is 12.3. The molecule has 0 atom stereocenters. The Balaban J connectivity index is 1.80. The normalized spacial score (nSPS) is 12.8. The van der Waals surface area contributed by atoms with Crippen molar-refractivity contribution < 1.29 is 18.7 Å². The second-order valence-corrected chi connectivity index (χ2v) is 5.50. The van der Waals surface area contributed by atoms with Crippen LogP contribution in [-0.2, 0) is 0 Å². The predicted octanol–water partition coefficient (Wildman–Crippen LogP) is 4.01. The van der Waals surface area contributed by atoms with Crippen molar-refractivity contribution in [3.05, 3.63) is 58.8 Å². The van der Waals surface area contributed by atoms with Crippen LogP contribution >= 0.6 is 0 Å². The molecule has 0 radical (unpaired) electrons. The van der Waals surface area contributed by atoms with E-state index in [9.17, 15) is 4.79 Å². The summed E-state index contributed by atoms with van der Waals surface area (Å²) in [5, 5.41) is 0.831. The molecule has 4 nitrogen and oxygen atoms in total. The van der Waals surface area contributed by atoms with Crippen molar-refractivity contribution in [1.29, 1.82) is 0 Å². The van der Waals surface area contributed by atoms with E-state index in [0.717, 1.165) is 16.5 Å². The first-order valence-corrected chi connectivity index (χ1v) is 7.07. The number of rotatable bonds is 2. The Kier molecular flexibility index (Phi) is 2.73. The number of furan rings is 1. The summed E-state index contributed by atoms with van der Waals surface area (Å²) in [7, 11) is 0. The van der Waals surface area contributed by atoms with Gasteiger partial charge in [0.05, 0.1) is 0 Å². The van der Waals surface area contributed by atoms with Gasteiger partial charge in [0.25, 0.3) is 0 Å². The van der Waals surface area contributed by atoms with E-state index in [1.807, 2.05) is 38.1 Å². The van der Waals surface area contributed by atoms with Gasteiger partial charge in [-0.15, -0.1) is 0 Å². The first kappa shape index (κ1) is 13.0. The molecule has 0 fully saturated rings. The van der Waals surface area contributed by atoms with Crippen LogP contribution in [0, 0.1) is 13.8 Å². The van der Waals surface area contributed by atoms with Crippen molar-refractivity contribution in [2.24, 2.45) is 0 Å². The first-order valence-electron chi connectivity index (χ1n) is 7.07. The fourth-order valence-corrected chi connectivity index (χ4v) is 2.65. The molecule has 2 heterocycles. The number of hydrogen-bond acceptors (Lipinski definition) is 4. The highest BCUT2D eigenvalue weighted by Gasteiger charge is 2.20. The van der Waals surface area contributed by atoms with Crippen LogP contribution in [0.2, 0.25) is 0 Å². The molecule has 1 aliphatic rings. The van der Waals surface area contributed by atoms with E-state index in [1.54, 1.807) is 12.1 Å². The number of carbonyl (C=O) groups excluding carboxylic acids is 1. The largest absolute Gasteiger partial charge is 0.454 e. The van der Waals surface area contributed by atoms with Gasteiger partial charge in [-0.25, -0.2) is 0 Å². The molecule has 0 unspecified atom stereocenters. The molecule has 22 heavy (non-hydrogen) atoms. The van der Waals surface area contributed by atoms with Crippen molar-refractivity contribution in [2.75, 3.05) is 6.79 Å². The van der Waals surface area contributed by atoms with Crippen LogP contribution < -0.4 is 9.47 Å². The van der Waals surface area contributed by atoms with Crippen LogP contribution in [-0.4, -0.2) is 12.6 Å². The summed E-state index contributed by atoms with van der Waals surface area (Å²) in [5.41, 5.74) is 3.27. The Morgan fingerprint density at radius 3 is 2.59 bits per heavy atom. The van der Waals surface area contributed by atoms with Gasteiger partial charge in [0.1, 0.15) is 5.58 Å². The molecule has 0 spiro atoms. The molecule has 0 saturated heterocycles. The van der Waals surface area contributed by atoms with Crippen LogP contribution in [0.15, 0.2) is 40.8 Å². The lowest BCUT2D eigenvalue weighted by Crippen LogP contribution is -2.02. The molecule has 0 bridgehead atoms. The van der Waals surface area contributed by atoms with Gasteiger partial charge in [0.2, 0.25) is 12.6 Å². The number of fused-ring (bicyclic) bond motifs is 2. The SMILES string of the molecule is Cc1ccc(C)c(C(=O)c2cc3cc4c(cc3o2)OCO4)c1. The van der Waals surface area contributed by atoms with Gasteiger partial charge in [-0.2, -0.15) is 0 Å². The molecule has 4 rings (SSSR count). The standard InChI is InChI=1S/C18H14O4/c1-10-3-4-11(2)13(5-10)18(19)17-7-12-6-15-16(21-9-20-15)8-14(12)22-17/h3-8H,9H2,1-2H3. The summed E-state index contributed by atoms with van der Waals surface area (Å²) in [5.74, 6) is 1.54. The van der Waals surface area contributed by atoms with E-state index < -0.39 is 0 Å². The lowest BCUT2D eigenvalue weighted by Gasteiger charge is -2.03. The Morgan fingerprint density at radius 1 is 1.00 bits per heavy atom. The third kappa shape index (κ3) is 1.96. The number of hydrogen-bond donors (Lipinski definition) is 0. The molecule has 0 N–H and O–H groups in total. The van der Waals surface area contributed by atoms with Crippen LogP contribution in [0.5, 0.6) is 11.5 Å². The first-order chi connectivity index (χ1) is 10.6. The molecule has 1 aromatic heterocycles. The molecule has 1 aliphatic heterocycles. The van der Waals surface area contributed by atoms with E-state index in [4.69, 9.17) is 13.9 Å². The van der Waals surface area contributed by atoms with E-state index in [0.29, 0.717) is 28.4 Å². The minimum absolute atomic E-state index is 0.112. The summed E-state index contributed by atoms with van der Waals surface area (Å²) >= 11 is 0. The maximum atomic E-state index is 12.7. The Bertz CT molecular complexity index is 864. The fourth-order valence-electron chi connectivity index (χ4n) is 2.65. The number of ketones is 1. The van der Waals surface area contributed by atoms with Crippen molar-refractivity contribution >= 4 is 16.8 Å². The highest BCUT2D eigenvalue weighted by molar-refractivity contribution is 6.10. The van der Waals surface area contributed by atoms with Crippen molar-refractivity contribution in [2.45, 2.75) is 13.8 Å². The highest BCUT2D eigenvalue weighted by Crippen LogP contribution is 2.37. The molecule has 3 aromatic rings. The third-order valence-electron chi connectivity index (χ3n) is 3.87. The van der Waals surface area contributed by atoms with Crippen molar-refractivity contribution in [3.8, 4) is 11.5 Å². The van der Waals surface area contributed by atoms with Gasteiger partial charge in [0.15, 0.2) is 17.3 Å². The summed E-state index contributed by atoms with van der Waals surface area (Å²) in [6.07, 6.45) is 0. The lowest BCUT2D eigenvalue weighted by molar-refractivity contribution is 0.101. The predicted molar refractivity (Wildman–Crippen MR) is 81.7 cm³/mol. The molecule has 0 aliphatic carbocycles. The van der Waals surface area contributed by atoms with Gasteiger partial charge in [0, 0.05) is 17.0 Å². The van der Waals surface area contributed by atoms with E-state index >= 15 is 0 Å². The summed E-state index contributed by atoms with van der Waals surface area (Å²) in [4.78, 5) is 12.7. The molecule has 4 heteroatoms. The van der Waals surface area contributed by atoms with Crippen LogP contribution in [0.4, 0.5) is 0 Å². The smallest absolute Gasteiger partial charge is 0.231 e. The van der Waals surface area contributed by atoms with Gasteiger partial charge >= 0.3 is 0 Å². The topological polar surface area (TPSA) is 48.7 Å². The monoisotopic (exact) mass is 294 g/mol. The van der Waals surface area contributed by atoms with Gasteiger partial charge in [-0.05, 0) is 37.6 Å². The van der Waals surface area contributed by atoms with E-state index in [1.165, 1.54) is 0 Å². The van der Waals surface area contributed by atoms with Gasteiger partial charge in [-0.1, -0.05) is 17.7 Å². The van der Waals surface area contributed by atoms with Crippen LogP contribution in [0.3, 0.4) is 0 Å². The van der Waals surface area contributed by atoms with E-state index in [-0.39, 0.29) is 12.6 Å².